The van der Waals surface area contributed by atoms with Crippen LogP contribution in [-0.4, -0.2) is 30.4 Å². The van der Waals surface area contributed by atoms with Crippen LogP contribution in [0.1, 0.15) is 23.2 Å². The molecule has 0 unspecified atom stereocenters. The lowest BCUT2D eigenvalue weighted by molar-refractivity contribution is -0.138. The molecule has 4 nitrogen and oxygen atoms in total. The van der Waals surface area contributed by atoms with Crippen molar-refractivity contribution < 1.29 is 14.4 Å². The zero-order chi connectivity index (χ0) is 12.1. The molecule has 90 valence electrons. The number of rotatable bonds is 3. The lowest BCUT2D eigenvalue weighted by atomic mass is 10.0. The molecule has 0 aliphatic carbocycles. The van der Waals surface area contributed by atoms with Gasteiger partial charge in [0.25, 0.3) is 0 Å². The monoisotopic (exact) mass is 233 g/mol. The van der Waals surface area contributed by atoms with Gasteiger partial charge in [0.05, 0.1) is 5.56 Å². The average molecular weight is 233 g/mol. The fourth-order valence-corrected chi connectivity index (χ4v) is 1.91. The van der Waals surface area contributed by atoms with Gasteiger partial charge in [-0.05, 0) is 25.0 Å². The highest BCUT2D eigenvalue weighted by Crippen LogP contribution is 2.15. The number of benzene rings is 1. The number of hydrogen-bond donors (Lipinski definition) is 0. The number of carbonyl (C=O) groups excluding carboxylic acids is 2. The summed E-state index contributed by atoms with van der Waals surface area (Å²) in [6, 6.07) is 8.86. The van der Waals surface area contributed by atoms with Crippen LogP contribution < -0.4 is 0 Å². The maximum atomic E-state index is 11.8. The molecule has 0 bridgehead atoms. The molecule has 1 aliphatic rings. The second-order valence-corrected chi connectivity index (χ2v) is 4.17. The number of aldehydes is 1. The van der Waals surface area contributed by atoms with Crippen LogP contribution in [0, 0.1) is 5.92 Å². The Morgan fingerprint density at radius 3 is 2.82 bits per heavy atom. The minimum Gasteiger partial charge on any atom is -0.364 e. The second-order valence-electron chi connectivity index (χ2n) is 4.17. The molecule has 0 radical (unpaired) electrons. The Morgan fingerprint density at radius 2 is 2.12 bits per heavy atom. The van der Waals surface area contributed by atoms with E-state index in [1.165, 1.54) is 0 Å². The van der Waals surface area contributed by atoms with Crippen LogP contribution in [0.15, 0.2) is 30.3 Å². The van der Waals surface area contributed by atoms with Gasteiger partial charge in [0.15, 0.2) is 0 Å². The van der Waals surface area contributed by atoms with Crippen LogP contribution in [0.4, 0.5) is 0 Å². The van der Waals surface area contributed by atoms with Gasteiger partial charge in [0.2, 0.25) is 0 Å². The molecular formula is C13H15NO3. The van der Waals surface area contributed by atoms with Crippen molar-refractivity contribution in [2.24, 2.45) is 5.92 Å². The number of hydroxylamine groups is 2. The second kappa shape index (κ2) is 5.59. The fourth-order valence-electron chi connectivity index (χ4n) is 1.91. The van der Waals surface area contributed by atoms with E-state index in [2.05, 4.69) is 0 Å². The van der Waals surface area contributed by atoms with Crippen LogP contribution in [0.3, 0.4) is 0 Å². The molecular weight excluding hydrogens is 218 g/mol. The highest BCUT2D eigenvalue weighted by molar-refractivity contribution is 5.89. The summed E-state index contributed by atoms with van der Waals surface area (Å²) in [5.41, 5.74) is 0.528. The lowest BCUT2D eigenvalue weighted by Crippen LogP contribution is -2.37. The highest BCUT2D eigenvalue weighted by atomic mass is 16.7. The molecule has 1 aromatic rings. The SMILES string of the molecule is O=C[C@@H]1CCCN(OC(=O)c2ccccc2)C1. The molecule has 1 aliphatic heterocycles. The van der Waals surface area contributed by atoms with E-state index in [4.69, 9.17) is 4.84 Å². The molecule has 17 heavy (non-hydrogen) atoms. The Hall–Kier alpha value is -1.68. The van der Waals surface area contributed by atoms with Gasteiger partial charge in [0, 0.05) is 19.0 Å². The number of hydrogen-bond acceptors (Lipinski definition) is 4. The topological polar surface area (TPSA) is 46.6 Å². The summed E-state index contributed by atoms with van der Waals surface area (Å²) < 4.78 is 0. The first-order chi connectivity index (χ1) is 8.29. The number of piperidine rings is 1. The van der Waals surface area contributed by atoms with E-state index in [9.17, 15) is 9.59 Å². The van der Waals surface area contributed by atoms with Crippen LogP contribution in [0.5, 0.6) is 0 Å². The van der Waals surface area contributed by atoms with Crippen molar-refractivity contribution >= 4 is 12.3 Å². The van der Waals surface area contributed by atoms with Gasteiger partial charge in [0.1, 0.15) is 6.29 Å². The normalized spacial score (nSPS) is 20.8. The Bertz CT molecular complexity index is 391. The molecule has 1 aromatic carbocycles. The van der Waals surface area contributed by atoms with Gasteiger partial charge in [-0.25, -0.2) is 4.79 Å². The predicted octanol–water partition coefficient (Wildman–Crippen LogP) is 1.67. The maximum absolute atomic E-state index is 11.8. The first-order valence-corrected chi connectivity index (χ1v) is 5.77. The van der Waals surface area contributed by atoms with Gasteiger partial charge >= 0.3 is 5.97 Å². The minimum atomic E-state index is -0.364. The first kappa shape index (κ1) is 11.8. The first-order valence-electron chi connectivity index (χ1n) is 5.77. The van der Waals surface area contributed by atoms with Gasteiger partial charge < -0.3 is 9.63 Å². The van der Waals surface area contributed by atoms with Gasteiger partial charge in [-0.1, -0.05) is 18.2 Å². The molecule has 0 aromatic heterocycles. The summed E-state index contributed by atoms with van der Waals surface area (Å²) >= 11 is 0. The quantitative estimate of drug-likeness (QED) is 0.745. The van der Waals surface area contributed by atoms with Crippen molar-refractivity contribution in [3.8, 4) is 0 Å². The van der Waals surface area contributed by atoms with Crippen molar-refractivity contribution in [1.29, 1.82) is 0 Å². The maximum Gasteiger partial charge on any atom is 0.357 e. The summed E-state index contributed by atoms with van der Waals surface area (Å²) in [5.74, 6) is -0.385. The largest absolute Gasteiger partial charge is 0.364 e. The van der Waals surface area contributed by atoms with Crippen molar-refractivity contribution in [3.63, 3.8) is 0 Å². The van der Waals surface area contributed by atoms with Gasteiger partial charge in [-0.15, -0.1) is 5.06 Å². The predicted molar refractivity (Wildman–Crippen MR) is 62.2 cm³/mol. The van der Waals surface area contributed by atoms with E-state index >= 15 is 0 Å². The zero-order valence-corrected chi connectivity index (χ0v) is 9.54. The molecule has 0 amide bonds. The summed E-state index contributed by atoms with van der Waals surface area (Å²) in [5, 5.41) is 1.58. The van der Waals surface area contributed by atoms with Crippen LogP contribution in [-0.2, 0) is 9.63 Å². The molecule has 0 N–H and O–H groups in total. The molecule has 1 saturated heterocycles. The standard InChI is InChI=1S/C13H15NO3/c15-10-11-5-4-8-14(9-11)17-13(16)12-6-2-1-3-7-12/h1-3,6-7,10-11H,4-5,8-9H2/t11-/m1/s1. The van der Waals surface area contributed by atoms with Gasteiger partial charge in [-0.3, -0.25) is 0 Å². The highest BCUT2D eigenvalue weighted by Gasteiger charge is 2.22. The third-order valence-corrected chi connectivity index (χ3v) is 2.83. The lowest BCUT2D eigenvalue weighted by Gasteiger charge is -2.28. The molecule has 1 atom stereocenters. The smallest absolute Gasteiger partial charge is 0.357 e. The van der Waals surface area contributed by atoms with Crippen molar-refractivity contribution in [3.05, 3.63) is 35.9 Å². The Balaban J connectivity index is 1.92. The van der Waals surface area contributed by atoms with Crippen molar-refractivity contribution in [1.82, 2.24) is 5.06 Å². The van der Waals surface area contributed by atoms with Crippen LogP contribution >= 0.6 is 0 Å². The Labute approximate surface area is 100 Å². The van der Waals surface area contributed by atoms with Crippen molar-refractivity contribution in [2.75, 3.05) is 13.1 Å². The zero-order valence-electron chi connectivity index (χ0n) is 9.54. The van der Waals surface area contributed by atoms with E-state index in [1.54, 1.807) is 29.3 Å². The molecule has 4 heteroatoms. The third kappa shape index (κ3) is 3.14. The summed E-state index contributed by atoms with van der Waals surface area (Å²) in [6.07, 6.45) is 2.69. The molecule has 0 spiro atoms. The van der Waals surface area contributed by atoms with E-state index in [0.29, 0.717) is 18.7 Å². The molecule has 1 fully saturated rings. The van der Waals surface area contributed by atoms with Crippen LogP contribution in [0.2, 0.25) is 0 Å². The number of nitrogens with zero attached hydrogens (tertiary/aromatic N) is 1. The third-order valence-electron chi connectivity index (χ3n) is 2.83. The summed E-state index contributed by atoms with van der Waals surface area (Å²) in [4.78, 5) is 27.7. The molecule has 0 saturated carbocycles. The average Bonchev–Trinajstić information content (AvgIpc) is 2.40. The van der Waals surface area contributed by atoms with E-state index in [0.717, 1.165) is 19.1 Å². The molecule has 1 heterocycles. The van der Waals surface area contributed by atoms with E-state index < -0.39 is 0 Å². The van der Waals surface area contributed by atoms with Crippen LogP contribution in [0.25, 0.3) is 0 Å². The van der Waals surface area contributed by atoms with E-state index in [-0.39, 0.29) is 11.9 Å². The molecule has 2 rings (SSSR count). The Kier molecular flexibility index (Phi) is 3.88. The van der Waals surface area contributed by atoms with Gasteiger partial charge in [-0.2, -0.15) is 0 Å². The number of carbonyl (C=O) groups is 2. The summed E-state index contributed by atoms with van der Waals surface area (Å²) in [7, 11) is 0. The minimum absolute atomic E-state index is 0.0210. The van der Waals surface area contributed by atoms with E-state index in [1.807, 2.05) is 6.07 Å². The fraction of sp³-hybridized carbons (Fsp3) is 0.385. The van der Waals surface area contributed by atoms with Crippen molar-refractivity contribution in [2.45, 2.75) is 12.8 Å². The summed E-state index contributed by atoms with van der Waals surface area (Å²) in [6.45, 7) is 1.20. The Morgan fingerprint density at radius 1 is 1.35 bits per heavy atom.